The topological polar surface area (TPSA) is 164 Å². The van der Waals surface area contributed by atoms with Crippen molar-refractivity contribution in [2.75, 3.05) is 24.1 Å². The van der Waals surface area contributed by atoms with Crippen LogP contribution in [0.25, 0.3) is 27.8 Å². The van der Waals surface area contributed by atoms with Gasteiger partial charge < -0.3 is 20.5 Å². The number of likely N-dealkylation sites (tertiary alicyclic amines) is 1. The highest BCUT2D eigenvalue weighted by Gasteiger charge is 2.29. The van der Waals surface area contributed by atoms with Crippen molar-refractivity contribution in [2.45, 2.75) is 59.4 Å². The van der Waals surface area contributed by atoms with E-state index in [1.54, 1.807) is 24.4 Å². The van der Waals surface area contributed by atoms with Crippen LogP contribution >= 0.6 is 0 Å². The monoisotopic (exact) mass is 657 g/mol. The van der Waals surface area contributed by atoms with E-state index in [4.69, 9.17) is 5.73 Å². The first-order valence-electron chi connectivity index (χ1n) is 16.4. The second-order valence-corrected chi connectivity index (χ2v) is 13.1. The summed E-state index contributed by atoms with van der Waals surface area (Å²) in [5.74, 6) is 0.144. The van der Waals surface area contributed by atoms with E-state index in [0.717, 1.165) is 29.7 Å². The molecule has 250 valence electrons. The van der Waals surface area contributed by atoms with Gasteiger partial charge in [-0.25, -0.2) is 9.50 Å². The number of hydrogen-bond acceptors (Lipinski definition) is 8. The molecular weight excluding hydrogens is 618 g/mol. The van der Waals surface area contributed by atoms with Gasteiger partial charge in [0, 0.05) is 77.8 Å². The molecule has 1 fully saturated rings. The number of nitriles is 1. The molecule has 49 heavy (non-hydrogen) atoms. The lowest BCUT2D eigenvalue weighted by Gasteiger charge is -2.33. The number of benzene rings is 1. The molecular formula is C37H39N9O3. The Kier molecular flexibility index (Phi) is 9.01. The van der Waals surface area contributed by atoms with Crippen LogP contribution in [0.15, 0.2) is 66.1 Å². The molecule has 0 spiro atoms. The average molecular weight is 658 g/mol. The van der Waals surface area contributed by atoms with E-state index in [9.17, 15) is 19.6 Å². The standard InChI is InChI=1S/C37H39N9O3/c1-21(2)37(49)44-12-10-26(11-13-44)31-15-29(33-35(39)41-20-42-46(31)33)25-6-8-28(9-7-25)43-36(48)30-19-45(22(3)4)23(5)32(34(30)47)27-14-24(16-38)17-40-18-27/h6-9,14-15,17-22,26H,10-13H2,1-5H3,(H,43,48)(H2,39,41,42). The Bertz CT molecular complexity index is 2170. The molecule has 1 aliphatic rings. The van der Waals surface area contributed by atoms with E-state index < -0.39 is 11.3 Å². The van der Waals surface area contributed by atoms with Gasteiger partial charge in [0.15, 0.2) is 5.82 Å². The number of fused-ring (bicyclic) bond motifs is 1. The van der Waals surface area contributed by atoms with Gasteiger partial charge in [0.25, 0.3) is 5.91 Å². The molecule has 5 heterocycles. The van der Waals surface area contributed by atoms with Crippen LogP contribution in [0.1, 0.15) is 79.8 Å². The number of anilines is 2. The Hall–Kier alpha value is -5.83. The van der Waals surface area contributed by atoms with E-state index in [2.05, 4.69) is 32.5 Å². The summed E-state index contributed by atoms with van der Waals surface area (Å²) in [5, 5.41) is 16.8. The van der Waals surface area contributed by atoms with E-state index in [1.807, 2.05) is 60.7 Å². The molecule has 12 nitrogen and oxygen atoms in total. The smallest absolute Gasteiger partial charge is 0.261 e. The predicted octanol–water partition coefficient (Wildman–Crippen LogP) is 5.58. The number of nitrogens with one attached hydrogen (secondary N) is 1. The lowest BCUT2D eigenvalue weighted by atomic mass is 9.92. The van der Waals surface area contributed by atoms with Crippen LogP contribution in [-0.4, -0.2) is 54.0 Å². The van der Waals surface area contributed by atoms with Crippen LogP contribution in [0, 0.1) is 24.2 Å². The maximum atomic E-state index is 13.8. The number of piperidine rings is 1. The summed E-state index contributed by atoms with van der Waals surface area (Å²) in [7, 11) is 0. The number of aromatic nitrogens is 5. The number of hydrogen-bond donors (Lipinski definition) is 2. The van der Waals surface area contributed by atoms with E-state index in [1.165, 1.54) is 18.7 Å². The fraction of sp³-hybridized carbons (Fsp3) is 0.324. The molecule has 1 saturated heterocycles. The van der Waals surface area contributed by atoms with Crippen LogP contribution in [0.4, 0.5) is 11.5 Å². The second-order valence-electron chi connectivity index (χ2n) is 13.1. The van der Waals surface area contributed by atoms with Gasteiger partial charge >= 0.3 is 0 Å². The van der Waals surface area contributed by atoms with Crippen molar-refractivity contribution in [2.24, 2.45) is 5.92 Å². The number of pyridine rings is 2. The van der Waals surface area contributed by atoms with Crippen LogP contribution < -0.4 is 16.5 Å². The third-order valence-corrected chi connectivity index (χ3v) is 9.23. The van der Waals surface area contributed by atoms with Gasteiger partial charge in [-0.05, 0) is 63.4 Å². The van der Waals surface area contributed by atoms with Crippen LogP contribution in [0.3, 0.4) is 0 Å². The summed E-state index contributed by atoms with van der Waals surface area (Å²) in [6, 6.07) is 13.1. The molecule has 0 radical (unpaired) electrons. The quantitative estimate of drug-likeness (QED) is 0.229. The maximum absolute atomic E-state index is 13.8. The van der Waals surface area contributed by atoms with Crippen molar-refractivity contribution in [1.82, 2.24) is 29.0 Å². The summed E-state index contributed by atoms with van der Waals surface area (Å²) in [4.78, 5) is 50.3. The van der Waals surface area contributed by atoms with Crippen molar-refractivity contribution in [1.29, 1.82) is 5.26 Å². The van der Waals surface area contributed by atoms with E-state index in [0.29, 0.717) is 52.5 Å². The van der Waals surface area contributed by atoms with Gasteiger partial charge in [-0.1, -0.05) is 26.0 Å². The van der Waals surface area contributed by atoms with Crippen LogP contribution in [0.2, 0.25) is 0 Å². The minimum Gasteiger partial charge on any atom is -0.382 e. The van der Waals surface area contributed by atoms with Gasteiger partial charge in [-0.3, -0.25) is 19.4 Å². The maximum Gasteiger partial charge on any atom is 0.261 e. The zero-order valence-electron chi connectivity index (χ0n) is 28.3. The number of carbonyl (C=O) groups excluding carboxylic acids is 2. The minimum absolute atomic E-state index is 0.0186. The zero-order valence-corrected chi connectivity index (χ0v) is 28.3. The van der Waals surface area contributed by atoms with Crippen molar-refractivity contribution < 1.29 is 9.59 Å². The molecule has 2 amide bonds. The Morgan fingerprint density at radius 3 is 2.41 bits per heavy atom. The Balaban J connectivity index is 1.29. The molecule has 4 aromatic heterocycles. The largest absolute Gasteiger partial charge is 0.382 e. The Labute approximate surface area is 284 Å². The molecule has 0 bridgehead atoms. The highest BCUT2D eigenvalue weighted by atomic mass is 16.2. The van der Waals surface area contributed by atoms with Crippen molar-refractivity contribution in [3.8, 4) is 28.3 Å². The third-order valence-electron chi connectivity index (χ3n) is 9.23. The van der Waals surface area contributed by atoms with Gasteiger partial charge in [-0.2, -0.15) is 10.4 Å². The molecule has 0 atom stereocenters. The molecule has 1 aliphatic heterocycles. The Morgan fingerprint density at radius 2 is 1.76 bits per heavy atom. The molecule has 12 heteroatoms. The number of rotatable bonds is 7. The first kappa shape index (κ1) is 33.1. The SMILES string of the molecule is Cc1c(-c2cncc(C#N)c2)c(=O)c(C(=O)Nc2ccc(-c3cc(C4CCN(C(=O)C(C)C)CC4)n4ncnc(N)c34)cc2)cn1C(C)C. The average Bonchev–Trinajstić information content (AvgIpc) is 3.49. The lowest BCUT2D eigenvalue weighted by Crippen LogP contribution is -2.40. The van der Waals surface area contributed by atoms with E-state index >= 15 is 0 Å². The van der Waals surface area contributed by atoms with Crippen molar-refractivity contribution in [3.05, 3.63) is 94.1 Å². The van der Waals surface area contributed by atoms with Gasteiger partial charge in [0.05, 0.1) is 11.1 Å². The first-order valence-corrected chi connectivity index (χ1v) is 16.4. The lowest BCUT2D eigenvalue weighted by molar-refractivity contribution is -0.135. The highest BCUT2D eigenvalue weighted by molar-refractivity contribution is 6.05. The number of nitrogens with zero attached hydrogens (tertiary/aromatic N) is 7. The van der Waals surface area contributed by atoms with Crippen LogP contribution in [-0.2, 0) is 4.79 Å². The van der Waals surface area contributed by atoms with Gasteiger partial charge in [0.2, 0.25) is 11.3 Å². The normalized spacial score (nSPS) is 13.6. The van der Waals surface area contributed by atoms with Gasteiger partial charge in [-0.15, -0.1) is 0 Å². The number of amides is 2. The molecule has 0 aliphatic carbocycles. The van der Waals surface area contributed by atoms with Gasteiger partial charge in [0.1, 0.15) is 23.5 Å². The van der Waals surface area contributed by atoms with E-state index in [-0.39, 0.29) is 29.3 Å². The predicted molar refractivity (Wildman–Crippen MR) is 188 cm³/mol. The molecule has 0 unspecified atom stereocenters. The molecule has 0 saturated carbocycles. The Morgan fingerprint density at radius 1 is 1.04 bits per heavy atom. The minimum atomic E-state index is -0.547. The summed E-state index contributed by atoms with van der Waals surface area (Å²) in [6.07, 6.45) is 7.63. The molecule has 6 rings (SSSR count). The van der Waals surface area contributed by atoms with Crippen molar-refractivity contribution in [3.63, 3.8) is 0 Å². The van der Waals surface area contributed by atoms with Crippen molar-refractivity contribution >= 4 is 28.8 Å². The summed E-state index contributed by atoms with van der Waals surface area (Å²) in [5.41, 5.74) is 11.7. The fourth-order valence-electron chi connectivity index (χ4n) is 6.69. The summed E-state index contributed by atoms with van der Waals surface area (Å²) < 4.78 is 3.73. The summed E-state index contributed by atoms with van der Waals surface area (Å²) in [6.45, 7) is 11.0. The summed E-state index contributed by atoms with van der Waals surface area (Å²) >= 11 is 0. The zero-order chi connectivity index (χ0) is 35.0. The number of nitrogen functional groups attached to an aromatic ring is 1. The highest BCUT2D eigenvalue weighted by Crippen LogP contribution is 2.37. The van der Waals surface area contributed by atoms with Crippen LogP contribution in [0.5, 0.6) is 0 Å². The number of nitrogens with two attached hydrogens (primary N) is 1. The first-order chi connectivity index (χ1) is 23.5. The molecule has 3 N–H and O–H groups in total. The second kappa shape index (κ2) is 13.4. The molecule has 5 aromatic rings. The molecule has 1 aromatic carbocycles. The third kappa shape index (κ3) is 6.27. The fourth-order valence-corrected chi connectivity index (χ4v) is 6.69. The number of carbonyl (C=O) groups is 2.